The van der Waals surface area contributed by atoms with E-state index < -0.39 is 10.8 Å². The van der Waals surface area contributed by atoms with Crippen molar-refractivity contribution < 1.29 is 14.6 Å². The fourth-order valence-electron chi connectivity index (χ4n) is 3.43. The highest BCUT2D eigenvalue weighted by Gasteiger charge is 2.20. The fraction of sp³-hybridized carbons (Fsp3) is 0.381. The third-order valence-electron chi connectivity index (χ3n) is 5.33. The van der Waals surface area contributed by atoms with Gasteiger partial charge in [-0.05, 0) is 42.9 Å². The van der Waals surface area contributed by atoms with Crippen LogP contribution in [0.15, 0.2) is 42.5 Å². The van der Waals surface area contributed by atoms with Crippen LogP contribution in [0.4, 0.5) is 22.7 Å². The lowest BCUT2D eigenvalue weighted by atomic mass is 10.1. The third-order valence-corrected chi connectivity index (χ3v) is 5.33. The lowest BCUT2D eigenvalue weighted by Gasteiger charge is -2.35. The van der Waals surface area contributed by atoms with Crippen LogP contribution in [-0.2, 0) is 4.84 Å². The number of nitro benzene ring substituents is 1. The van der Waals surface area contributed by atoms with Crippen molar-refractivity contribution in [3.05, 3.63) is 58.1 Å². The van der Waals surface area contributed by atoms with Gasteiger partial charge in [0.25, 0.3) is 11.6 Å². The molecule has 1 aliphatic rings. The topological polar surface area (TPSA) is 91.2 Å². The van der Waals surface area contributed by atoms with Crippen LogP contribution in [0.25, 0.3) is 0 Å². The summed E-state index contributed by atoms with van der Waals surface area (Å²) in [4.78, 5) is 32.9. The molecule has 1 heterocycles. The summed E-state index contributed by atoms with van der Waals surface area (Å²) in [6.45, 7) is 7.27. The van der Waals surface area contributed by atoms with Crippen molar-refractivity contribution >= 4 is 28.7 Å². The van der Waals surface area contributed by atoms with Crippen molar-refractivity contribution in [3.8, 4) is 0 Å². The minimum absolute atomic E-state index is 0.105. The quantitative estimate of drug-likeness (QED) is 0.551. The van der Waals surface area contributed by atoms with Gasteiger partial charge in [-0.3, -0.25) is 19.7 Å². The van der Waals surface area contributed by atoms with Gasteiger partial charge in [0.05, 0.1) is 12.0 Å². The number of rotatable bonds is 7. The molecule has 0 aromatic heterocycles. The molecule has 1 saturated heterocycles. The number of nitrogens with zero attached hydrogens (tertiary/aromatic N) is 4. The number of carbonyl (C=O) groups is 1. The molecule has 2 aromatic carbocycles. The van der Waals surface area contributed by atoms with Crippen LogP contribution in [0.1, 0.15) is 17.3 Å². The molecule has 0 spiro atoms. The highest BCUT2D eigenvalue weighted by Crippen LogP contribution is 2.30. The molecule has 1 amide bonds. The summed E-state index contributed by atoms with van der Waals surface area (Å²) in [7, 11) is 2.86. The summed E-state index contributed by atoms with van der Waals surface area (Å²) in [6.07, 6.45) is 0. The number of nitrogens with one attached hydrogen (secondary N) is 1. The van der Waals surface area contributed by atoms with Gasteiger partial charge in [0, 0.05) is 56.2 Å². The van der Waals surface area contributed by atoms with E-state index in [9.17, 15) is 14.9 Å². The Morgan fingerprint density at radius 1 is 1.17 bits per heavy atom. The summed E-state index contributed by atoms with van der Waals surface area (Å²) >= 11 is 0. The first-order chi connectivity index (χ1) is 14.4. The summed E-state index contributed by atoms with van der Waals surface area (Å²) in [6, 6.07) is 12.0. The van der Waals surface area contributed by atoms with E-state index in [4.69, 9.17) is 4.84 Å². The summed E-state index contributed by atoms with van der Waals surface area (Å²) in [5, 5.41) is 15.6. The van der Waals surface area contributed by atoms with E-state index in [1.54, 1.807) is 0 Å². The van der Waals surface area contributed by atoms with E-state index in [-0.39, 0.29) is 16.9 Å². The van der Waals surface area contributed by atoms with E-state index in [2.05, 4.69) is 22.0 Å². The molecule has 30 heavy (non-hydrogen) atoms. The zero-order valence-electron chi connectivity index (χ0n) is 17.5. The number of benzene rings is 2. The Hall–Kier alpha value is -3.17. The van der Waals surface area contributed by atoms with Gasteiger partial charge in [0.2, 0.25) is 0 Å². The van der Waals surface area contributed by atoms with Gasteiger partial charge in [-0.2, -0.15) is 0 Å². The standard InChI is InChI=1S/C21H27N5O4/c1-4-24-11-13-25(14-12-24)18-8-6-17(7-9-18)22-19-15-16(21(27)23(2)30-3)5-10-20(19)26(28)29/h5-10,15,22H,4,11-14H2,1-3H3. The largest absolute Gasteiger partial charge is 0.369 e. The molecule has 2 aromatic rings. The minimum atomic E-state index is -0.474. The van der Waals surface area contributed by atoms with Crippen molar-refractivity contribution in [2.45, 2.75) is 6.92 Å². The Kier molecular flexibility index (Phi) is 6.86. The van der Waals surface area contributed by atoms with E-state index in [0.29, 0.717) is 5.69 Å². The first-order valence-corrected chi connectivity index (χ1v) is 9.88. The van der Waals surface area contributed by atoms with Crippen molar-refractivity contribution in [1.29, 1.82) is 0 Å². The SMILES string of the molecule is CCN1CCN(c2ccc(Nc3cc(C(=O)N(C)OC)ccc3[N+](=O)[O-])cc2)CC1. The molecule has 0 aliphatic carbocycles. The lowest BCUT2D eigenvalue weighted by Crippen LogP contribution is -2.46. The molecule has 1 N–H and O–H groups in total. The highest BCUT2D eigenvalue weighted by atomic mass is 16.7. The number of anilines is 3. The fourth-order valence-corrected chi connectivity index (χ4v) is 3.43. The number of carbonyl (C=O) groups excluding carboxylic acids is 1. The molecule has 9 heteroatoms. The summed E-state index contributed by atoms with van der Waals surface area (Å²) in [5.74, 6) is -0.392. The average molecular weight is 413 g/mol. The first-order valence-electron chi connectivity index (χ1n) is 9.88. The van der Waals surface area contributed by atoms with Gasteiger partial charge in [0.15, 0.2) is 0 Å². The van der Waals surface area contributed by atoms with Gasteiger partial charge in [-0.25, -0.2) is 5.06 Å². The predicted molar refractivity (Wildman–Crippen MR) is 116 cm³/mol. The van der Waals surface area contributed by atoms with E-state index >= 15 is 0 Å². The molecular weight excluding hydrogens is 386 g/mol. The van der Waals surface area contributed by atoms with Crippen LogP contribution < -0.4 is 10.2 Å². The average Bonchev–Trinajstić information content (AvgIpc) is 2.78. The Morgan fingerprint density at radius 3 is 2.40 bits per heavy atom. The maximum Gasteiger partial charge on any atom is 0.292 e. The smallest absolute Gasteiger partial charge is 0.292 e. The second-order valence-electron chi connectivity index (χ2n) is 7.07. The molecule has 160 valence electrons. The first kappa shape index (κ1) is 21.5. The van der Waals surface area contributed by atoms with Gasteiger partial charge < -0.3 is 15.1 Å². The maximum absolute atomic E-state index is 12.3. The molecule has 0 bridgehead atoms. The molecule has 9 nitrogen and oxygen atoms in total. The monoisotopic (exact) mass is 413 g/mol. The highest BCUT2D eigenvalue weighted by molar-refractivity contribution is 5.95. The van der Waals surface area contributed by atoms with Crippen LogP contribution in [0.3, 0.4) is 0 Å². The Morgan fingerprint density at radius 2 is 1.83 bits per heavy atom. The van der Waals surface area contributed by atoms with Gasteiger partial charge in [0.1, 0.15) is 5.69 Å². The van der Waals surface area contributed by atoms with Gasteiger partial charge >= 0.3 is 0 Å². The number of hydrogen-bond donors (Lipinski definition) is 1. The molecule has 3 rings (SSSR count). The molecule has 0 atom stereocenters. The second-order valence-corrected chi connectivity index (χ2v) is 7.07. The van der Waals surface area contributed by atoms with Crippen molar-refractivity contribution in [1.82, 2.24) is 9.96 Å². The minimum Gasteiger partial charge on any atom is -0.369 e. The van der Waals surface area contributed by atoms with Crippen LogP contribution in [0.2, 0.25) is 0 Å². The van der Waals surface area contributed by atoms with Crippen molar-refractivity contribution in [3.63, 3.8) is 0 Å². The zero-order valence-corrected chi connectivity index (χ0v) is 17.5. The summed E-state index contributed by atoms with van der Waals surface area (Å²) in [5.41, 5.74) is 2.26. The van der Waals surface area contributed by atoms with E-state index in [1.165, 1.54) is 32.4 Å². The maximum atomic E-state index is 12.3. The molecule has 1 aliphatic heterocycles. The molecule has 0 saturated carbocycles. The summed E-state index contributed by atoms with van der Waals surface area (Å²) < 4.78 is 0. The normalized spacial score (nSPS) is 14.4. The Bertz CT molecular complexity index is 895. The number of piperazine rings is 1. The molecular formula is C21H27N5O4. The van der Waals surface area contributed by atoms with Crippen molar-refractivity contribution in [2.75, 3.05) is 57.1 Å². The lowest BCUT2D eigenvalue weighted by molar-refractivity contribution is -0.383. The zero-order chi connectivity index (χ0) is 21.7. The van der Waals surface area contributed by atoms with Gasteiger partial charge in [-0.1, -0.05) is 6.92 Å². The van der Waals surface area contributed by atoms with E-state index in [1.807, 2.05) is 24.3 Å². The number of likely N-dealkylation sites (N-methyl/N-ethyl adjacent to an activating group) is 1. The van der Waals surface area contributed by atoms with Gasteiger partial charge in [-0.15, -0.1) is 0 Å². The third kappa shape index (κ3) is 4.87. The van der Waals surface area contributed by atoms with Crippen LogP contribution in [-0.4, -0.2) is 67.7 Å². The molecule has 1 fully saturated rings. The number of hydrogen-bond acceptors (Lipinski definition) is 7. The second kappa shape index (κ2) is 9.55. The van der Waals surface area contributed by atoms with Crippen LogP contribution in [0, 0.1) is 10.1 Å². The Balaban J connectivity index is 1.78. The molecule has 0 radical (unpaired) electrons. The number of nitro groups is 1. The number of hydroxylamine groups is 2. The van der Waals surface area contributed by atoms with Crippen LogP contribution >= 0.6 is 0 Å². The van der Waals surface area contributed by atoms with Crippen LogP contribution in [0.5, 0.6) is 0 Å². The van der Waals surface area contributed by atoms with Crippen molar-refractivity contribution in [2.24, 2.45) is 0 Å². The Labute approximate surface area is 175 Å². The predicted octanol–water partition coefficient (Wildman–Crippen LogP) is 3.11. The molecule has 0 unspecified atom stereocenters. The number of amides is 1. The van der Waals surface area contributed by atoms with E-state index in [0.717, 1.165) is 43.5 Å².